The fraction of sp³-hybridized carbons (Fsp3) is 0.0833. The normalized spacial score (nSPS) is 10.3. The van der Waals surface area contributed by atoms with Crippen molar-refractivity contribution in [1.82, 2.24) is 4.98 Å². The number of nitrogens with two attached hydrogens (primary N) is 1. The molecule has 88 valence electrons. The standard InChI is InChI=1S/C12H11BrClN3/c1-7-4-8(13)2-3-10(7)16-12-6-9(15)5-11(14)17-12/h2-6H,1H3,(H3,15,16,17). The number of benzene rings is 1. The molecule has 1 heterocycles. The maximum atomic E-state index is 5.84. The van der Waals surface area contributed by atoms with Gasteiger partial charge in [-0.1, -0.05) is 27.5 Å². The lowest BCUT2D eigenvalue weighted by atomic mass is 10.2. The van der Waals surface area contributed by atoms with E-state index in [1.165, 1.54) is 0 Å². The molecule has 0 unspecified atom stereocenters. The Hall–Kier alpha value is -1.26. The SMILES string of the molecule is Cc1cc(Br)ccc1Nc1cc(N)cc(Cl)n1. The van der Waals surface area contributed by atoms with Gasteiger partial charge in [-0.15, -0.1) is 0 Å². The van der Waals surface area contributed by atoms with Gasteiger partial charge in [-0.05, 0) is 36.8 Å². The van der Waals surface area contributed by atoms with Gasteiger partial charge in [-0.3, -0.25) is 0 Å². The van der Waals surface area contributed by atoms with Crippen LogP contribution in [-0.4, -0.2) is 4.98 Å². The zero-order chi connectivity index (χ0) is 12.4. The summed E-state index contributed by atoms with van der Waals surface area (Å²) in [5, 5.41) is 3.56. The molecular weight excluding hydrogens is 302 g/mol. The van der Waals surface area contributed by atoms with E-state index in [0.29, 0.717) is 16.7 Å². The minimum absolute atomic E-state index is 0.377. The van der Waals surface area contributed by atoms with Gasteiger partial charge in [0.25, 0.3) is 0 Å². The molecule has 0 saturated heterocycles. The first-order valence-corrected chi connectivity index (χ1v) is 6.18. The molecule has 0 amide bonds. The summed E-state index contributed by atoms with van der Waals surface area (Å²) >= 11 is 9.26. The predicted octanol–water partition coefficient (Wildman–Crippen LogP) is 4.13. The molecule has 17 heavy (non-hydrogen) atoms. The average molecular weight is 313 g/mol. The van der Waals surface area contributed by atoms with Gasteiger partial charge in [-0.25, -0.2) is 4.98 Å². The maximum absolute atomic E-state index is 5.84. The van der Waals surface area contributed by atoms with E-state index in [1.807, 2.05) is 25.1 Å². The second-order valence-electron chi connectivity index (χ2n) is 3.69. The highest BCUT2D eigenvalue weighted by Gasteiger charge is 2.02. The van der Waals surface area contributed by atoms with Gasteiger partial charge in [0.2, 0.25) is 0 Å². The first-order chi connectivity index (χ1) is 8.04. The lowest BCUT2D eigenvalue weighted by molar-refractivity contribution is 1.30. The van der Waals surface area contributed by atoms with Crippen LogP contribution in [-0.2, 0) is 0 Å². The number of aromatic nitrogens is 1. The molecule has 5 heteroatoms. The van der Waals surface area contributed by atoms with Crippen molar-refractivity contribution in [1.29, 1.82) is 0 Å². The minimum Gasteiger partial charge on any atom is -0.399 e. The smallest absolute Gasteiger partial charge is 0.134 e. The van der Waals surface area contributed by atoms with Crippen molar-refractivity contribution in [2.45, 2.75) is 6.92 Å². The van der Waals surface area contributed by atoms with Gasteiger partial charge >= 0.3 is 0 Å². The molecule has 0 aliphatic rings. The molecule has 0 aliphatic heterocycles. The maximum Gasteiger partial charge on any atom is 0.134 e. The number of hydrogen-bond acceptors (Lipinski definition) is 3. The van der Waals surface area contributed by atoms with Crippen molar-refractivity contribution in [3.05, 3.63) is 45.5 Å². The predicted molar refractivity (Wildman–Crippen MR) is 75.8 cm³/mol. The summed E-state index contributed by atoms with van der Waals surface area (Å²) in [6, 6.07) is 9.31. The summed E-state index contributed by atoms with van der Waals surface area (Å²) in [5.41, 5.74) is 8.37. The van der Waals surface area contributed by atoms with Crippen LogP contribution in [0.15, 0.2) is 34.8 Å². The first kappa shape index (κ1) is 12.2. The number of nitrogen functional groups attached to an aromatic ring is 1. The Morgan fingerprint density at radius 3 is 2.71 bits per heavy atom. The summed E-state index contributed by atoms with van der Waals surface area (Å²) in [5.74, 6) is 0.639. The Morgan fingerprint density at radius 1 is 1.29 bits per heavy atom. The van der Waals surface area contributed by atoms with Gasteiger partial charge in [0.15, 0.2) is 0 Å². The van der Waals surface area contributed by atoms with Crippen LogP contribution in [0.2, 0.25) is 5.15 Å². The monoisotopic (exact) mass is 311 g/mol. The summed E-state index contributed by atoms with van der Waals surface area (Å²) in [6.45, 7) is 2.01. The molecule has 0 fully saturated rings. The summed E-state index contributed by atoms with van der Waals surface area (Å²) in [4.78, 5) is 4.16. The number of nitrogens with zero attached hydrogens (tertiary/aromatic N) is 1. The van der Waals surface area contributed by atoms with E-state index in [2.05, 4.69) is 26.2 Å². The first-order valence-electron chi connectivity index (χ1n) is 5.01. The fourth-order valence-electron chi connectivity index (χ4n) is 1.49. The average Bonchev–Trinajstić information content (AvgIpc) is 2.21. The number of halogens is 2. The van der Waals surface area contributed by atoms with Crippen LogP contribution in [0, 0.1) is 6.92 Å². The quantitative estimate of drug-likeness (QED) is 0.820. The highest BCUT2D eigenvalue weighted by atomic mass is 79.9. The molecule has 1 aromatic carbocycles. The molecule has 0 radical (unpaired) electrons. The highest BCUT2D eigenvalue weighted by Crippen LogP contribution is 2.24. The van der Waals surface area contributed by atoms with Crippen LogP contribution in [0.4, 0.5) is 17.2 Å². The zero-order valence-electron chi connectivity index (χ0n) is 9.17. The minimum atomic E-state index is 0.377. The van der Waals surface area contributed by atoms with Crippen LogP contribution in [0.3, 0.4) is 0 Å². The highest BCUT2D eigenvalue weighted by molar-refractivity contribution is 9.10. The molecular formula is C12H11BrClN3. The van der Waals surface area contributed by atoms with Crippen molar-refractivity contribution in [2.24, 2.45) is 0 Å². The summed E-state index contributed by atoms with van der Waals surface area (Å²) < 4.78 is 1.04. The van der Waals surface area contributed by atoms with Crippen LogP contribution in [0.1, 0.15) is 5.56 Å². The number of rotatable bonds is 2. The van der Waals surface area contributed by atoms with E-state index in [9.17, 15) is 0 Å². The van der Waals surface area contributed by atoms with Gasteiger partial charge in [0.1, 0.15) is 11.0 Å². The summed E-state index contributed by atoms with van der Waals surface area (Å²) in [7, 11) is 0. The Kier molecular flexibility index (Phi) is 3.54. The largest absolute Gasteiger partial charge is 0.399 e. The number of anilines is 3. The Labute approximate surface area is 113 Å². The zero-order valence-corrected chi connectivity index (χ0v) is 11.5. The Morgan fingerprint density at radius 2 is 2.06 bits per heavy atom. The van der Waals surface area contributed by atoms with Crippen molar-refractivity contribution in [3.8, 4) is 0 Å². The van der Waals surface area contributed by atoms with Gasteiger partial charge in [0, 0.05) is 21.9 Å². The molecule has 0 aliphatic carbocycles. The van der Waals surface area contributed by atoms with E-state index < -0.39 is 0 Å². The second kappa shape index (κ2) is 4.94. The molecule has 2 rings (SSSR count). The topological polar surface area (TPSA) is 50.9 Å². The summed E-state index contributed by atoms with van der Waals surface area (Å²) in [6.07, 6.45) is 0. The molecule has 3 nitrogen and oxygen atoms in total. The van der Waals surface area contributed by atoms with Gasteiger partial charge in [-0.2, -0.15) is 0 Å². The van der Waals surface area contributed by atoms with Crippen LogP contribution >= 0.6 is 27.5 Å². The molecule has 2 aromatic rings. The Balaban J connectivity index is 2.31. The lowest BCUT2D eigenvalue weighted by Crippen LogP contribution is -1.97. The van der Waals surface area contributed by atoms with Crippen molar-refractivity contribution in [2.75, 3.05) is 11.1 Å². The molecule has 0 saturated carbocycles. The lowest BCUT2D eigenvalue weighted by Gasteiger charge is -2.10. The van der Waals surface area contributed by atoms with Crippen molar-refractivity contribution >= 4 is 44.7 Å². The third-order valence-electron chi connectivity index (χ3n) is 2.27. The van der Waals surface area contributed by atoms with Crippen LogP contribution in [0.25, 0.3) is 0 Å². The number of hydrogen-bond donors (Lipinski definition) is 2. The van der Waals surface area contributed by atoms with Crippen molar-refractivity contribution in [3.63, 3.8) is 0 Å². The van der Waals surface area contributed by atoms with Gasteiger partial charge in [0.05, 0.1) is 0 Å². The number of aryl methyl sites for hydroxylation is 1. The molecule has 0 atom stereocenters. The van der Waals surface area contributed by atoms with Crippen molar-refractivity contribution < 1.29 is 0 Å². The third kappa shape index (κ3) is 3.11. The number of pyridine rings is 1. The molecule has 0 spiro atoms. The van der Waals surface area contributed by atoms with Crippen LogP contribution in [0.5, 0.6) is 0 Å². The van der Waals surface area contributed by atoms with E-state index in [1.54, 1.807) is 12.1 Å². The number of nitrogens with one attached hydrogen (secondary N) is 1. The van der Waals surface area contributed by atoms with E-state index in [0.717, 1.165) is 15.7 Å². The fourth-order valence-corrected chi connectivity index (χ4v) is 2.18. The second-order valence-corrected chi connectivity index (χ2v) is 5.00. The molecule has 1 aromatic heterocycles. The molecule has 3 N–H and O–H groups in total. The molecule has 0 bridgehead atoms. The van der Waals surface area contributed by atoms with E-state index >= 15 is 0 Å². The van der Waals surface area contributed by atoms with E-state index in [-0.39, 0.29) is 0 Å². The van der Waals surface area contributed by atoms with Crippen LogP contribution < -0.4 is 11.1 Å². The van der Waals surface area contributed by atoms with Gasteiger partial charge < -0.3 is 11.1 Å². The Bertz CT molecular complexity index is 537. The third-order valence-corrected chi connectivity index (χ3v) is 2.95. The van der Waals surface area contributed by atoms with E-state index in [4.69, 9.17) is 17.3 Å².